The second-order valence-corrected chi connectivity index (χ2v) is 3.76. The van der Waals surface area contributed by atoms with Crippen LogP contribution in [-0.2, 0) is 23.8 Å². The Hall–Kier alpha value is -2.04. The molecule has 0 radical (unpaired) electrons. The summed E-state index contributed by atoms with van der Waals surface area (Å²) in [5.74, 6) is -1.36. The van der Waals surface area contributed by atoms with Gasteiger partial charge in [0.15, 0.2) is 0 Å². The van der Waals surface area contributed by atoms with Gasteiger partial charge in [0.25, 0.3) is 0 Å². The summed E-state index contributed by atoms with van der Waals surface area (Å²) in [5.41, 5.74) is 0.942. The van der Waals surface area contributed by atoms with Crippen LogP contribution in [0, 0.1) is 5.92 Å². The van der Waals surface area contributed by atoms with E-state index >= 15 is 0 Å². The lowest BCUT2D eigenvalue weighted by atomic mass is 9.92. The molecule has 0 heterocycles. The summed E-state index contributed by atoms with van der Waals surface area (Å²) in [6.45, 7) is 4.08. The molecule has 0 bridgehead atoms. The topological polar surface area (TPSA) is 61.8 Å². The molecule has 0 fully saturated rings. The maximum absolute atomic E-state index is 11.8. The van der Waals surface area contributed by atoms with Crippen molar-refractivity contribution < 1.29 is 23.8 Å². The summed E-state index contributed by atoms with van der Waals surface area (Å²) in [7, 11) is 1.48. The second kappa shape index (κ2) is 7.41. The summed E-state index contributed by atoms with van der Waals surface area (Å²) in [4.78, 5) is 23.4. The highest BCUT2D eigenvalue weighted by atomic mass is 16.5. The monoisotopic (exact) mass is 266 g/mol. The molecule has 0 aromatic heterocycles. The van der Waals surface area contributed by atoms with Crippen LogP contribution in [0.5, 0.6) is 0 Å². The average molecular weight is 266 g/mol. The first-order valence-corrected chi connectivity index (χ1v) is 6.10. The van der Waals surface area contributed by atoms with Crippen LogP contribution in [0.1, 0.15) is 13.8 Å². The highest BCUT2D eigenvalue weighted by molar-refractivity contribution is 5.94. The Labute approximate surface area is 112 Å². The summed E-state index contributed by atoms with van der Waals surface area (Å²) in [6, 6.07) is 0. The van der Waals surface area contributed by atoms with E-state index in [2.05, 4.69) is 0 Å². The lowest BCUT2D eigenvalue weighted by molar-refractivity contribution is -0.145. The van der Waals surface area contributed by atoms with Crippen molar-refractivity contribution in [2.45, 2.75) is 13.8 Å². The fraction of sp³-hybridized carbons (Fsp3) is 0.429. The van der Waals surface area contributed by atoms with Gasteiger partial charge < -0.3 is 14.2 Å². The van der Waals surface area contributed by atoms with Crippen molar-refractivity contribution in [1.82, 2.24) is 0 Å². The summed E-state index contributed by atoms with van der Waals surface area (Å²) >= 11 is 0. The molecule has 1 atom stereocenters. The van der Waals surface area contributed by atoms with Gasteiger partial charge in [0.05, 0.1) is 32.2 Å². The van der Waals surface area contributed by atoms with Gasteiger partial charge in [0, 0.05) is 5.57 Å². The number of ether oxygens (including phenoxy) is 3. The zero-order chi connectivity index (χ0) is 14.3. The minimum atomic E-state index is -0.557. The van der Waals surface area contributed by atoms with Gasteiger partial charge in [0.2, 0.25) is 0 Å². The highest BCUT2D eigenvalue weighted by Gasteiger charge is 2.25. The second-order valence-electron chi connectivity index (χ2n) is 3.76. The maximum Gasteiger partial charge on any atom is 0.338 e. The molecule has 1 unspecified atom stereocenters. The molecule has 0 N–H and O–H groups in total. The minimum absolute atomic E-state index is 0.300. The minimum Gasteiger partial charge on any atom is -0.504 e. The number of hydrogen-bond acceptors (Lipinski definition) is 5. The van der Waals surface area contributed by atoms with Gasteiger partial charge in [-0.3, -0.25) is 4.79 Å². The Morgan fingerprint density at radius 1 is 1.26 bits per heavy atom. The largest absolute Gasteiger partial charge is 0.504 e. The van der Waals surface area contributed by atoms with E-state index in [0.717, 1.165) is 0 Å². The molecule has 5 heteroatoms. The van der Waals surface area contributed by atoms with Crippen molar-refractivity contribution in [3.63, 3.8) is 0 Å². The predicted molar refractivity (Wildman–Crippen MR) is 69.1 cm³/mol. The molecule has 0 amide bonds. The van der Waals surface area contributed by atoms with E-state index < -0.39 is 11.9 Å². The number of esters is 2. The van der Waals surface area contributed by atoms with Gasteiger partial charge in [-0.1, -0.05) is 12.2 Å². The normalized spacial score (nSPS) is 19.8. The van der Waals surface area contributed by atoms with Crippen LogP contribution >= 0.6 is 0 Å². The standard InChI is InChI=1S/C14H18O5/c1-4-18-13(15)10-6-7-12(14(16)19-5-2)11(8-10)9-17-3/h6-9,12H,4-5H2,1-3H3. The zero-order valence-corrected chi connectivity index (χ0v) is 11.3. The molecule has 0 aromatic rings. The molecule has 0 spiro atoms. The van der Waals surface area contributed by atoms with Crippen molar-refractivity contribution >= 4 is 11.9 Å². The highest BCUT2D eigenvalue weighted by Crippen LogP contribution is 2.24. The van der Waals surface area contributed by atoms with Crippen molar-refractivity contribution in [3.8, 4) is 0 Å². The van der Waals surface area contributed by atoms with E-state index in [-0.39, 0.29) is 5.97 Å². The van der Waals surface area contributed by atoms with Crippen molar-refractivity contribution in [3.05, 3.63) is 35.6 Å². The molecule has 0 saturated heterocycles. The Kier molecular flexibility index (Phi) is 5.85. The van der Waals surface area contributed by atoms with Crippen molar-refractivity contribution in [1.29, 1.82) is 0 Å². The Morgan fingerprint density at radius 3 is 2.53 bits per heavy atom. The summed E-state index contributed by atoms with van der Waals surface area (Å²) in [6.07, 6.45) is 6.16. The fourth-order valence-corrected chi connectivity index (χ4v) is 1.66. The third-order valence-electron chi connectivity index (χ3n) is 2.46. The summed E-state index contributed by atoms with van der Waals surface area (Å²) < 4.78 is 14.8. The van der Waals surface area contributed by atoms with Crippen molar-refractivity contribution in [2.24, 2.45) is 5.92 Å². The van der Waals surface area contributed by atoms with Crippen LogP contribution in [0.25, 0.3) is 0 Å². The first kappa shape index (κ1) is 15.0. The molecule has 0 aliphatic heterocycles. The van der Waals surface area contributed by atoms with E-state index in [4.69, 9.17) is 14.2 Å². The summed E-state index contributed by atoms with van der Waals surface area (Å²) in [5, 5.41) is 0. The lowest BCUT2D eigenvalue weighted by Gasteiger charge is -2.17. The fourth-order valence-electron chi connectivity index (χ4n) is 1.66. The SMILES string of the molecule is CCOC(=O)C1=CC(=COC)C(C(=O)OCC)C=C1. The molecule has 0 saturated carbocycles. The van der Waals surface area contributed by atoms with E-state index in [1.807, 2.05) is 0 Å². The van der Waals surface area contributed by atoms with Gasteiger partial charge in [-0.15, -0.1) is 0 Å². The number of carbonyl (C=O) groups excluding carboxylic acids is 2. The van der Waals surface area contributed by atoms with E-state index in [0.29, 0.717) is 24.4 Å². The number of allylic oxidation sites excluding steroid dienone is 1. The van der Waals surface area contributed by atoms with Crippen LogP contribution in [0.2, 0.25) is 0 Å². The van der Waals surface area contributed by atoms with Gasteiger partial charge in [-0.25, -0.2) is 4.79 Å². The first-order chi connectivity index (χ1) is 9.13. The first-order valence-electron chi connectivity index (χ1n) is 6.10. The third-order valence-corrected chi connectivity index (χ3v) is 2.46. The molecular weight excluding hydrogens is 248 g/mol. The van der Waals surface area contributed by atoms with Crippen LogP contribution in [0.15, 0.2) is 35.6 Å². The Balaban J connectivity index is 2.93. The van der Waals surface area contributed by atoms with Crippen LogP contribution in [-0.4, -0.2) is 32.3 Å². The zero-order valence-electron chi connectivity index (χ0n) is 11.3. The Bertz CT molecular complexity index is 431. The number of hydrogen-bond donors (Lipinski definition) is 0. The van der Waals surface area contributed by atoms with E-state index in [1.54, 1.807) is 32.1 Å². The number of rotatable bonds is 5. The van der Waals surface area contributed by atoms with Crippen molar-refractivity contribution in [2.75, 3.05) is 20.3 Å². The van der Waals surface area contributed by atoms with E-state index in [1.165, 1.54) is 13.4 Å². The third kappa shape index (κ3) is 3.98. The van der Waals surface area contributed by atoms with E-state index in [9.17, 15) is 9.59 Å². The van der Waals surface area contributed by atoms with Crippen LogP contribution in [0.3, 0.4) is 0 Å². The molecule has 19 heavy (non-hydrogen) atoms. The maximum atomic E-state index is 11.8. The smallest absolute Gasteiger partial charge is 0.338 e. The molecule has 5 nitrogen and oxygen atoms in total. The quantitative estimate of drug-likeness (QED) is 0.560. The van der Waals surface area contributed by atoms with Gasteiger partial charge in [-0.05, 0) is 19.9 Å². The predicted octanol–water partition coefficient (Wildman–Crippen LogP) is 1.76. The van der Waals surface area contributed by atoms with Gasteiger partial charge >= 0.3 is 11.9 Å². The lowest BCUT2D eigenvalue weighted by Crippen LogP contribution is -2.21. The van der Waals surface area contributed by atoms with Gasteiger partial charge in [0.1, 0.15) is 5.92 Å². The van der Waals surface area contributed by atoms with Crippen LogP contribution in [0.4, 0.5) is 0 Å². The van der Waals surface area contributed by atoms with Gasteiger partial charge in [-0.2, -0.15) is 0 Å². The molecule has 1 rings (SSSR count). The average Bonchev–Trinajstić information content (AvgIpc) is 2.39. The van der Waals surface area contributed by atoms with Crippen LogP contribution < -0.4 is 0 Å². The molecular formula is C14H18O5. The Morgan fingerprint density at radius 2 is 1.95 bits per heavy atom. The number of carbonyl (C=O) groups is 2. The molecule has 0 aromatic carbocycles. The number of methoxy groups -OCH3 is 1. The molecule has 104 valence electrons. The molecule has 1 aliphatic rings. The molecule has 1 aliphatic carbocycles.